The van der Waals surface area contributed by atoms with Crippen molar-refractivity contribution in [3.63, 3.8) is 0 Å². The van der Waals surface area contributed by atoms with Crippen LogP contribution in [0.3, 0.4) is 0 Å². The Hall–Kier alpha value is -0.610. The number of hydrogen-bond donors (Lipinski definition) is 2. The molecule has 1 fully saturated rings. The van der Waals surface area contributed by atoms with Crippen molar-refractivity contribution < 1.29 is 4.79 Å². The second-order valence-corrected chi connectivity index (χ2v) is 4.50. The van der Waals surface area contributed by atoms with Crippen LogP contribution >= 0.6 is 0 Å². The molecular weight excluding hydrogens is 190 g/mol. The molecule has 1 amide bonds. The highest BCUT2D eigenvalue weighted by Gasteiger charge is 2.34. The lowest BCUT2D eigenvalue weighted by Crippen LogP contribution is -2.48. The summed E-state index contributed by atoms with van der Waals surface area (Å²) < 4.78 is 0. The molecule has 3 unspecified atom stereocenters. The van der Waals surface area contributed by atoms with Crippen LogP contribution in [0, 0.1) is 0 Å². The Morgan fingerprint density at radius 2 is 2.20 bits per heavy atom. The van der Waals surface area contributed by atoms with Gasteiger partial charge in [0.15, 0.2) is 0 Å². The molecule has 1 aliphatic rings. The molecule has 88 valence electrons. The Morgan fingerprint density at radius 3 is 2.67 bits per heavy atom. The third-order valence-electron chi connectivity index (χ3n) is 3.45. The fourth-order valence-electron chi connectivity index (χ4n) is 2.71. The number of carbonyl (C=O) groups excluding carboxylic acids is 1. The number of nitrogens with zero attached hydrogens (tertiary/aromatic N) is 1. The Kier molecular flexibility index (Phi) is 4.54. The van der Waals surface area contributed by atoms with Crippen molar-refractivity contribution in [2.24, 2.45) is 11.5 Å². The monoisotopic (exact) mass is 213 g/mol. The molecule has 0 aromatic carbocycles. The predicted octanol–water partition coefficient (Wildman–Crippen LogP) is 0.452. The third kappa shape index (κ3) is 2.92. The first-order chi connectivity index (χ1) is 7.10. The predicted molar refractivity (Wildman–Crippen MR) is 61.3 cm³/mol. The maximum Gasteiger partial charge on any atom is 0.219 e. The van der Waals surface area contributed by atoms with E-state index in [9.17, 15) is 4.79 Å². The minimum absolute atomic E-state index is 0.130. The molecule has 0 aromatic rings. The van der Waals surface area contributed by atoms with Gasteiger partial charge in [-0.25, -0.2) is 0 Å². The molecule has 1 rings (SSSR count). The van der Waals surface area contributed by atoms with Crippen molar-refractivity contribution in [2.75, 3.05) is 6.54 Å². The molecule has 1 aliphatic heterocycles. The maximum atomic E-state index is 11.0. The fourth-order valence-corrected chi connectivity index (χ4v) is 2.71. The van der Waals surface area contributed by atoms with Crippen molar-refractivity contribution in [2.45, 2.75) is 57.7 Å². The number of rotatable bonds is 5. The summed E-state index contributed by atoms with van der Waals surface area (Å²) in [6.45, 7) is 4.91. The van der Waals surface area contributed by atoms with E-state index in [1.807, 2.05) is 0 Å². The van der Waals surface area contributed by atoms with Gasteiger partial charge < -0.3 is 11.5 Å². The number of carbonyl (C=O) groups is 1. The Balaban J connectivity index is 2.67. The lowest BCUT2D eigenvalue weighted by atomic mass is 10.1. The SMILES string of the molecule is CCC1CCC(C)N1C(CN)CC(N)=O. The summed E-state index contributed by atoms with van der Waals surface area (Å²) in [5.41, 5.74) is 11.0. The van der Waals surface area contributed by atoms with Gasteiger partial charge in [-0.05, 0) is 26.2 Å². The Bertz CT molecular complexity index is 220. The van der Waals surface area contributed by atoms with Gasteiger partial charge in [0.2, 0.25) is 5.91 Å². The first kappa shape index (κ1) is 12.5. The number of amides is 1. The molecule has 0 saturated carbocycles. The van der Waals surface area contributed by atoms with E-state index in [4.69, 9.17) is 11.5 Å². The molecule has 0 spiro atoms. The fraction of sp³-hybridized carbons (Fsp3) is 0.909. The molecular formula is C11H23N3O. The highest BCUT2D eigenvalue weighted by Crippen LogP contribution is 2.28. The smallest absolute Gasteiger partial charge is 0.219 e. The zero-order chi connectivity index (χ0) is 11.4. The van der Waals surface area contributed by atoms with Crippen molar-refractivity contribution in [3.8, 4) is 0 Å². The van der Waals surface area contributed by atoms with Crippen LogP contribution in [0.4, 0.5) is 0 Å². The van der Waals surface area contributed by atoms with Crippen LogP contribution in [-0.2, 0) is 4.79 Å². The van der Waals surface area contributed by atoms with E-state index in [-0.39, 0.29) is 11.9 Å². The molecule has 0 bridgehead atoms. The second-order valence-electron chi connectivity index (χ2n) is 4.50. The normalized spacial score (nSPS) is 29.3. The minimum atomic E-state index is -0.251. The van der Waals surface area contributed by atoms with E-state index in [1.54, 1.807) is 0 Å². The van der Waals surface area contributed by atoms with Gasteiger partial charge in [0.05, 0.1) is 0 Å². The molecule has 0 aromatic heterocycles. The van der Waals surface area contributed by atoms with Gasteiger partial charge in [-0.15, -0.1) is 0 Å². The van der Waals surface area contributed by atoms with Crippen molar-refractivity contribution in [1.29, 1.82) is 0 Å². The lowest BCUT2D eigenvalue weighted by Gasteiger charge is -2.34. The molecule has 3 atom stereocenters. The van der Waals surface area contributed by atoms with Gasteiger partial charge in [0, 0.05) is 31.1 Å². The number of likely N-dealkylation sites (tertiary alicyclic amines) is 1. The van der Waals surface area contributed by atoms with Crippen LogP contribution in [0.1, 0.15) is 39.5 Å². The van der Waals surface area contributed by atoms with Gasteiger partial charge in [0.1, 0.15) is 0 Å². The molecule has 0 radical (unpaired) electrons. The maximum absolute atomic E-state index is 11.0. The number of hydrogen-bond acceptors (Lipinski definition) is 3. The van der Waals surface area contributed by atoms with E-state index >= 15 is 0 Å². The van der Waals surface area contributed by atoms with Gasteiger partial charge in [0.25, 0.3) is 0 Å². The summed E-state index contributed by atoms with van der Waals surface area (Å²) in [6.07, 6.45) is 3.93. The summed E-state index contributed by atoms with van der Waals surface area (Å²) in [4.78, 5) is 13.4. The highest BCUT2D eigenvalue weighted by molar-refractivity contribution is 5.74. The average molecular weight is 213 g/mol. The molecule has 4 heteroatoms. The molecule has 1 heterocycles. The van der Waals surface area contributed by atoms with Crippen LogP contribution in [-0.4, -0.2) is 35.5 Å². The lowest BCUT2D eigenvalue weighted by molar-refractivity contribution is -0.119. The van der Waals surface area contributed by atoms with Gasteiger partial charge in [-0.3, -0.25) is 9.69 Å². The van der Waals surface area contributed by atoms with Gasteiger partial charge >= 0.3 is 0 Å². The quantitative estimate of drug-likeness (QED) is 0.696. The van der Waals surface area contributed by atoms with E-state index in [1.165, 1.54) is 12.8 Å². The summed E-state index contributed by atoms with van der Waals surface area (Å²) in [7, 11) is 0. The van der Waals surface area contributed by atoms with Crippen molar-refractivity contribution in [1.82, 2.24) is 4.90 Å². The van der Waals surface area contributed by atoms with Crippen LogP contribution < -0.4 is 11.5 Å². The number of primary amides is 1. The second kappa shape index (κ2) is 5.47. The van der Waals surface area contributed by atoms with E-state index < -0.39 is 0 Å². The molecule has 4 N–H and O–H groups in total. The number of nitrogens with two attached hydrogens (primary N) is 2. The van der Waals surface area contributed by atoms with Crippen molar-refractivity contribution >= 4 is 5.91 Å². The standard InChI is InChI=1S/C11H23N3O/c1-3-9-5-4-8(2)14(9)10(7-12)6-11(13)15/h8-10H,3-7,12H2,1-2H3,(H2,13,15). The van der Waals surface area contributed by atoms with Gasteiger partial charge in [-0.2, -0.15) is 0 Å². The topological polar surface area (TPSA) is 72.3 Å². The van der Waals surface area contributed by atoms with E-state index in [2.05, 4.69) is 18.7 Å². The summed E-state index contributed by atoms with van der Waals surface area (Å²) in [5.74, 6) is -0.251. The zero-order valence-corrected chi connectivity index (χ0v) is 9.78. The molecule has 4 nitrogen and oxygen atoms in total. The molecule has 15 heavy (non-hydrogen) atoms. The first-order valence-electron chi connectivity index (χ1n) is 5.85. The summed E-state index contributed by atoms with van der Waals surface area (Å²) in [5, 5.41) is 0. The molecule has 0 aliphatic carbocycles. The average Bonchev–Trinajstić information content (AvgIpc) is 2.56. The van der Waals surface area contributed by atoms with Crippen LogP contribution in [0.5, 0.6) is 0 Å². The third-order valence-corrected chi connectivity index (χ3v) is 3.45. The van der Waals surface area contributed by atoms with Crippen LogP contribution in [0.25, 0.3) is 0 Å². The highest BCUT2D eigenvalue weighted by atomic mass is 16.1. The Morgan fingerprint density at radius 1 is 1.53 bits per heavy atom. The van der Waals surface area contributed by atoms with Crippen LogP contribution in [0.2, 0.25) is 0 Å². The summed E-state index contributed by atoms with van der Waals surface area (Å²) >= 11 is 0. The molecule has 1 saturated heterocycles. The minimum Gasteiger partial charge on any atom is -0.370 e. The first-order valence-corrected chi connectivity index (χ1v) is 5.85. The van der Waals surface area contributed by atoms with E-state index in [0.29, 0.717) is 25.0 Å². The zero-order valence-electron chi connectivity index (χ0n) is 9.78. The Labute approximate surface area is 92.0 Å². The van der Waals surface area contributed by atoms with Crippen LogP contribution in [0.15, 0.2) is 0 Å². The van der Waals surface area contributed by atoms with Crippen molar-refractivity contribution in [3.05, 3.63) is 0 Å². The van der Waals surface area contributed by atoms with Gasteiger partial charge in [-0.1, -0.05) is 6.92 Å². The largest absolute Gasteiger partial charge is 0.370 e. The summed E-state index contributed by atoms with van der Waals surface area (Å²) in [6, 6.07) is 1.24. The van der Waals surface area contributed by atoms with E-state index in [0.717, 1.165) is 6.42 Å².